The van der Waals surface area contributed by atoms with Gasteiger partial charge >= 0.3 is 0 Å². The van der Waals surface area contributed by atoms with Gasteiger partial charge in [0.25, 0.3) is 17.5 Å². The molecule has 1 aromatic heterocycles. The lowest BCUT2D eigenvalue weighted by molar-refractivity contribution is -0.385. The predicted molar refractivity (Wildman–Crippen MR) is 60.0 cm³/mol. The zero-order valence-corrected chi connectivity index (χ0v) is 9.25. The lowest BCUT2D eigenvalue weighted by Crippen LogP contribution is -2.13. The molecular formula is C9H8N6O3. The van der Waals surface area contributed by atoms with E-state index in [0.717, 1.165) is 0 Å². The van der Waals surface area contributed by atoms with Crippen LogP contribution in [0.4, 0.5) is 11.6 Å². The molecule has 0 atom stereocenters. The van der Waals surface area contributed by atoms with Crippen LogP contribution in [-0.2, 0) is 0 Å². The molecule has 0 unspecified atom stereocenters. The van der Waals surface area contributed by atoms with Crippen molar-refractivity contribution in [3.8, 4) is 0 Å². The van der Waals surface area contributed by atoms with Crippen molar-refractivity contribution in [3.63, 3.8) is 0 Å². The number of nitrogens with zero attached hydrogens (tertiary/aromatic N) is 4. The second-order valence-electron chi connectivity index (χ2n) is 3.45. The molecule has 9 heteroatoms. The molecule has 2 aromatic rings. The SMILES string of the molecule is Cc1cc(C(=O)Nc2nn[nH]n2)ccc1[N+](=O)[O-]. The Kier molecular flexibility index (Phi) is 2.96. The van der Waals surface area contributed by atoms with Crippen LogP contribution in [0.3, 0.4) is 0 Å². The molecule has 0 saturated carbocycles. The van der Waals surface area contributed by atoms with Crippen LogP contribution in [0.5, 0.6) is 0 Å². The third kappa shape index (κ3) is 2.29. The number of carbonyl (C=O) groups excluding carboxylic acids is 1. The summed E-state index contributed by atoms with van der Waals surface area (Å²) in [5.74, 6) is -0.426. The van der Waals surface area contributed by atoms with E-state index in [9.17, 15) is 14.9 Å². The zero-order chi connectivity index (χ0) is 13.1. The number of benzene rings is 1. The number of hydrogen-bond donors (Lipinski definition) is 2. The maximum absolute atomic E-state index is 11.7. The normalized spacial score (nSPS) is 10.1. The number of anilines is 1. The number of hydrogen-bond acceptors (Lipinski definition) is 6. The summed E-state index contributed by atoms with van der Waals surface area (Å²) >= 11 is 0. The molecule has 0 bridgehead atoms. The topological polar surface area (TPSA) is 127 Å². The maximum Gasteiger partial charge on any atom is 0.272 e. The Labute approximate surface area is 100 Å². The van der Waals surface area contributed by atoms with Crippen molar-refractivity contribution in [3.05, 3.63) is 39.4 Å². The highest BCUT2D eigenvalue weighted by atomic mass is 16.6. The van der Waals surface area contributed by atoms with Crippen LogP contribution in [0.1, 0.15) is 15.9 Å². The molecule has 0 spiro atoms. The van der Waals surface area contributed by atoms with Crippen molar-refractivity contribution >= 4 is 17.5 Å². The first-order valence-corrected chi connectivity index (χ1v) is 4.88. The predicted octanol–water partition coefficient (Wildman–Crippen LogP) is 0.669. The van der Waals surface area contributed by atoms with Gasteiger partial charge in [-0.2, -0.15) is 5.21 Å². The van der Waals surface area contributed by atoms with Crippen LogP contribution in [0.2, 0.25) is 0 Å². The van der Waals surface area contributed by atoms with Crippen LogP contribution >= 0.6 is 0 Å². The largest absolute Gasteiger partial charge is 0.288 e. The molecule has 2 N–H and O–H groups in total. The first kappa shape index (κ1) is 11.6. The number of rotatable bonds is 3. The fraction of sp³-hybridized carbons (Fsp3) is 0.111. The summed E-state index contributed by atoms with van der Waals surface area (Å²) in [4.78, 5) is 21.9. The maximum atomic E-state index is 11.7. The minimum atomic E-state index is -0.504. The molecule has 9 nitrogen and oxygen atoms in total. The summed E-state index contributed by atoms with van der Waals surface area (Å²) in [6.45, 7) is 1.56. The Morgan fingerprint density at radius 2 is 2.28 bits per heavy atom. The van der Waals surface area contributed by atoms with Gasteiger partial charge in [0, 0.05) is 17.2 Å². The number of nitrogens with one attached hydrogen (secondary N) is 2. The molecule has 1 heterocycles. The van der Waals surface area contributed by atoms with Crippen LogP contribution in [0, 0.1) is 17.0 Å². The number of aromatic nitrogens is 4. The van der Waals surface area contributed by atoms with Crippen molar-refractivity contribution < 1.29 is 9.72 Å². The van der Waals surface area contributed by atoms with Gasteiger partial charge in [0.2, 0.25) is 0 Å². The third-order valence-electron chi connectivity index (χ3n) is 2.23. The number of amides is 1. The molecule has 92 valence electrons. The molecule has 0 aliphatic heterocycles. The first-order valence-electron chi connectivity index (χ1n) is 4.88. The van der Waals surface area contributed by atoms with Gasteiger partial charge in [0.1, 0.15) is 0 Å². The average molecular weight is 248 g/mol. The first-order chi connectivity index (χ1) is 8.58. The standard InChI is InChI=1S/C9H8N6O3/c1-5-4-6(2-3-7(5)15(17)18)8(16)10-9-11-13-14-12-9/h2-4H,1H3,(H2,10,11,12,13,14,16). The lowest BCUT2D eigenvalue weighted by Gasteiger charge is -2.02. The molecule has 0 aliphatic rings. The lowest BCUT2D eigenvalue weighted by atomic mass is 10.1. The summed E-state index contributed by atoms with van der Waals surface area (Å²) in [7, 11) is 0. The Bertz CT molecular complexity index is 594. The van der Waals surface area contributed by atoms with Gasteiger partial charge in [0.05, 0.1) is 4.92 Å². The summed E-state index contributed by atoms with van der Waals surface area (Å²) in [5.41, 5.74) is 0.648. The van der Waals surface area contributed by atoms with Gasteiger partial charge < -0.3 is 0 Å². The monoisotopic (exact) mass is 248 g/mol. The van der Waals surface area contributed by atoms with Crippen molar-refractivity contribution in [2.24, 2.45) is 0 Å². The number of nitro groups is 1. The molecule has 1 amide bonds. The Morgan fingerprint density at radius 1 is 1.50 bits per heavy atom. The molecule has 2 rings (SSSR count). The van der Waals surface area contributed by atoms with Crippen LogP contribution < -0.4 is 5.32 Å². The highest BCUT2D eigenvalue weighted by molar-refractivity contribution is 6.03. The minimum Gasteiger partial charge on any atom is -0.288 e. The van der Waals surface area contributed by atoms with E-state index in [1.807, 2.05) is 0 Å². The van der Waals surface area contributed by atoms with Crippen molar-refractivity contribution in [2.75, 3.05) is 5.32 Å². The van der Waals surface area contributed by atoms with E-state index in [1.54, 1.807) is 6.92 Å². The highest BCUT2D eigenvalue weighted by Gasteiger charge is 2.14. The van der Waals surface area contributed by atoms with E-state index < -0.39 is 10.8 Å². The smallest absolute Gasteiger partial charge is 0.272 e. The molecule has 0 saturated heterocycles. The van der Waals surface area contributed by atoms with Gasteiger partial charge in [-0.3, -0.25) is 20.2 Å². The van der Waals surface area contributed by atoms with Gasteiger partial charge in [-0.05, 0) is 24.3 Å². The van der Waals surface area contributed by atoms with Crippen LogP contribution in [0.15, 0.2) is 18.2 Å². The summed E-state index contributed by atoms with van der Waals surface area (Å²) in [6.07, 6.45) is 0. The van der Waals surface area contributed by atoms with Crippen molar-refractivity contribution in [1.29, 1.82) is 0 Å². The highest BCUT2D eigenvalue weighted by Crippen LogP contribution is 2.19. The number of H-pyrrole nitrogens is 1. The number of tetrazole rings is 1. The molecule has 1 aromatic carbocycles. The van der Waals surface area contributed by atoms with Crippen molar-refractivity contribution in [2.45, 2.75) is 6.92 Å². The van der Waals surface area contributed by atoms with Gasteiger partial charge in [-0.1, -0.05) is 5.10 Å². The van der Waals surface area contributed by atoms with Crippen LogP contribution in [-0.4, -0.2) is 31.5 Å². The van der Waals surface area contributed by atoms with Crippen LogP contribution in [0.25, 0.3) is 0 Å². The Balaban J connectivity index is 2.21. The summed E-state index contributed by atoms with van der Waals surface area (Å²) < 4.78 is 0. The number of carbonyl (C=O) groups is 1. The fourth-order valence-corrected chi connectivity index (χ4v) is 1.39. The number of nitro benzene ring substituents is 1. The number of aromatic amines is 1. The second-order valence-corrected chi connectivity index (χ2v) is 3.45. The summed E-state index contributed by atoms with van der Waals surface area (Å²) in [6, 6.07) is 4.06. The van der Waals surface area contributed by atoms with Gasteiger partial charge in [0.15, 0.2) is 0 Å². The zero-order valence-electron chi connectivity index (χ0n) is 9.25. The molecule has 0 fully saturated rings. The Morgan fingerprint density at radius 3 is 2.83 bits per heavy atom. The van der Waals surface area contributed by atoms with E-state index in [1.165, 1.54) is 18.2 Å². The van der Waals surface area contributed by atoms with Crippen molar-refractivity contribution in [1.82, 2.24) is 20.6 Å². The molecular weight excluding hydrogens is 240 g/mol. The Hall–Kier alpha value is -2.84. The fourth-order valence-electron chi connectivity index (χ4n) is 1.39. The minimum absolute atomic E-state index is 0.0360. The van der Waals surface area contributed by atoms with E-state index in [2.05, 4.69) is 25.9 Å². The van der Waals surface area contributed by atoms with E-state index in [-0.39, 0.29) is 17.2 Å². The molecule has 0 aliphatic carbocycles. The van der Waals surface area contributed by atoms with E-state index in [4.69, 9.17) is 0 Å². The van der Waals surface area contributed by atoms with Gasteiger partial charge in [-0.15, -0.1) is 5.10 Å². The number of aryl methyl sites for hydroxylation is 1. The third-order valence-corrected chi connectivity index (χ3v) is 2.23. The molecule has 0 radical (unpaired) electrons. The summed E-state index contributed by atoms with van der Waals surface area (Å²) in [5, 5.41) is 25.6. The van der Waals surface area contributed by atoms with E-state index >= 15 is 0 Å². The average Bonchev–Trinajstić information content (AvgIpc) is 2.81. The second kappa shape index (κ2) is 4.57. The van der Waals surface area contributed by atoms with E-state index in [0.29, 0.717) is 5.56 Å². The quantitative estimate of drug-likeness (QED) is 0.607. The molecule has 18 heavy (non-hydrogen) atoms. The van der Waals surface area contributed by atoms with Gasteiger partial charge in [-0.25, -0.2) is 0 Å².